The van der Waals surface area contributed by atoms with Crippen LogP contribution in [0.3, 0.4) is 0 Å². The smallest absolute Gasteiger partial charge is 0.230 e. The number of oxazole rings is 1. The maximum atomic E-state index is 13.0. The Morgan fingerprint density at radius 3 is 2.83 bits per heavy atom. The fourth-order valence-electron chi connectivity index (χ4n) is 3.61. The molecule has 0 bridgehead atoms. The zero-order valence-corrected chi connectivity index (χ0v) is 17.2. The van der Waals surface area contributed by atoms with Crippen LogP contribution in [0.2, 0.25) is 0 Å². The highest BCUT2D eigenvalue weighted by Gasteiger charge is 2.36. The van der Waals surface area contributed by atoms with Gasteiger partial charge in [-0.15, -0.1) is 0 Å². The van der Waals surface area contributed by atoms with Gasteiger partial charge in [0.2, 0.25) is 11.8 Å². The second kappa shape index (κ2) is 7.83. The first-order valence-electron chi connectivity index (χ1n) is 9.92. The monoisotopic (exact) mass is 394 g/mol. The molecule has 7 nitrogen and oxygen atoms in total. The molecule has 29 heavy (non-hydrogen) atoms. The van der Waals surface area contributed by atoms with Crippen LogP contribution in [-0.2, 0) is 9.53 Å². The molecule has 2 atom stereocenters. The molecule has 3 aromatic rings. The van der Waals surface area contributed by atoms with Crippen LogP contribution in [0.1, 0.15) is 49.2 Å². The van der Waals surface area contributed by atoms with Gasteiger partial charge >= 0.3 is 0 Å². The van der Waals surface area contributed by atoms with E-state index in [0.717, 1.165) is 28.1 Å². The summed E-state index contributed by atoms with van der Waals surface area (Å²) < 4.78 is 13.3. The molecule has 2 aromatic heterocycles. The number of hydrogen-bond donors (Lipinski definition) is 1. The number of anilines is 1. The molecule has 0 saturated carbocycles. The lowest BCUT2D eigenvalue weighted by atomic mass is 9.96. The van der Waals surface area contributed by atoms with Gasteiger partial charge in [-0.1, -0.05) is 6.07 Å². The summed E-state index contributed by atoms with van der Waals surface area (Å²) in [5.74, 6) is 0.246. The Morgan fingerprint density at radius 1 is 1.31 bits per heavy atom. The number of aromatic nitrogens is 3. The van der Waals surface area contributed by atoms with Crippen LogP contribution in [0.5, 0.6) is 0 Å². The van der Waals surface area contributed by atoms with E-state index >= 15 is 0 Å². The van der Waals surface area contributed by atoms with Crippen LogP contribution in [0.4, 0.5) is 5.69 Å². The molecule has 1 aliphatic rings. The van der Waals surface area contributed by atoms with Gasteiger partial charge in [0, 0.05) is 35.7 Å². The van der Waals surface area contributed by atoms with Crippen molar-refractivity contribution in [2.45, 2.75) is 46.3 Å². The number of aryl methyl sites for hydroxylation is 2. The Hall–Kier alpha value is -2.93. The Labute approximate surface area is 170 Å². The number of hydrogen-bond acceptors (Lipinski definition) is 5. The number of rotatable bonds is 5. The molecule has 0 radical (unpaired) electrons. The molecule has 0 unspecified atom stereocenters. The second-order valence-electron chi connectivity index (χ2n) is 7.85. The van der Waals surface area contributed by atoms with Crippen molar-refractivity contribution in [3.8, 4) is 11.5 Å². The molecular weight excluding hydrogens is 368 g/mol. The van der Waals surface area contributed by atoms with Crippen LogP contribution in [0.25, 0.3) is 11.5 Å². The van der Waals surface area contributed by atoms with Crippen molar-refractivity contribution in [1.82, 2.24) is 14.8 Å². The number of carbonyl (C=O) groups excluding carboxylic acids is 1. The summed E-state index contributed by atoms with van der Waals surface area (Å²) in [5, 5.41) is 7.42. The lowest BCUT2D eigenvalue weighted by molar-refractivity contribution is -0.121. The van der Waals surface area contributed by atoms with Crippen molar-refractivity contribution in [3.63, 3.8) is 0 Å². The van der Waals surface area contributed by atoms with E-state index in [1.54, 1.807) is 12.5 Å². The molecule has 1 amide bonds. The minimum absolute atomic E-state index is 0.0526. The SMILES string of the molecule is Cc1coc(-c2cc(NC(=O)[C@H]3CCO[C@@H]3c3cnn(C(C)C)c3)ccc2C)n1. The third-order valence-electron chi connectivity index (χ3n) is 5.26. The van der Waals surface area contributed by atoms with Crippen molar-refractivity contribution in [2.75, 3.05) is 11.9 Å². The van der Waals surface area contributed by atoms with E-state index in [1.165, 1.54) is 0 Å². The number of ether oxygens (including phenoxy) is 1. The highest BCUT2D eigenvalue weighted by Crippen LogP contribution is 2.36. The summed E-state index contributed by atoms with van der Waals surface area (Å²) in [6, 6.07) is 6.02. The van der Waals surface area contributed by atoms with Crippen molar-refractivity contribution in [3.05, 3.63) is 53.7 Å². The normalized spacial score (nSPS) is 19.1. The van der Waals surface area contributed by atoms with Crippen molar-refractivity contribution in [2.24, 2.45) is 5.92 Å². The molecule has 1 N–H and O–H groups in total. The van der Waals surface area contributed by atoms with E-state index in [4.69, 9.17) is 9.15 Å². The Morgan fingerprint density at radius 2 is 2.14 bits per heavy atom. The van der Waals surface area contributed by atoms with Gasteiger partial charge < -0.3 is 14.5 Å². The summed E-state index contributed by atoms with van der Waals surface area (Å²) >= 11 is 0. The predicted molar refractivity (Wildman–Crippen MR) is 109 cm³/mol. The predicted octanol–water partition coefficient (Wildman–Crippen LogP) is 4.45. The molecule has 3 heterocycles. The van der Waals surface area contributed by atoms with Crippen molar-refractivity contribution in [1.29, 1.82) is 0 Å². The maximum Gasteiger partial charge on any atom is 0.230 e. The zero-order chi connectivity index (χ0) is 20.5. The van der Waals surface area contributed by atoms with Crippen molar-refractivity contribution >= 4 is 11.6 Å². The van der Waals surface area contributed by atoms with E-state index in [2.05, 4.69) is 29.2 Å². The van der Waals surface area contributed by atoms with Gasteiger partial charge in [-0.25, -0.2) is 4.98 Å². The molecular formula is C22H26N4O3. The van der Waals surface area contributed by atoms with E-state index in [0.29, 0.717) is 18.9 Å². The van der Waals surface area contributed by atoms with Crippen LogP contribution in [-0.4, -0.2) is 27.3 Å². The van der Waals surface area contributed by atoms with Gasteiger partial charge in [-0.3, -0.25) is 9.48 Å². The van der Waals surface area contributed by atoms with Crippen molar-refractivity contribution < 1.29 is 13.9 Å². The fraction of sp³-hybridized carbons (Fsp3) is 0.409. The summed E-state index contributed by atoms with van der Waals surface area (Å²) in [7, 11) is 0. The molecule has 4 rings (SSSR count). The number of nitrogens with one attached hydrogen (secondary N) is 1. The molecule has 0 spiro atoms. The first-order valence-corrected chi connectivity index (χ1v) is 9.92. The number of carbonyl (C=O) groups is 1. The third-order valence-corrected chi connectivity index (χ3v) is 5.26. The topological polar surface area (TPSA) is 82.2 Å². The lowest BCUT2D eigenvalue weighted by Gasteiger charge is -2.17. The van der Waals surface area contributed by atoms with E-state index in [9.17, 15) is 4.79 Å². The average molecular weight is 394 g/mol. The molecule has 1 aliphatic heterocycles. The van der Waals surface area contributed by atoms with Crippen LogP contribution >= 0.6 is 0 Å². The highest BCUT2D eigenvalue weighted by atomic mass is 16.5. The number of nitrogens with zero attached hydrogens (tertiary/aromatic N) is 3. The van der Waals surface area contributed by atoms with Crippen LogP contribution < -0.4 is 5.32 Å². The summed E-state index contributed by atoms with van der Waals surface area (Å²) in [6.45, 7) is 8.58. The van der Waals surface area contributed by atoms with Crippen LogP contribution in [0.15, 0.2) is 41.3 Å². The Balaban J connectivity index is 1.52. The Bertz CT molecular complexity index is 1020. The molecule has 152 valence electrons. The summed E-state index contributed by atoms with van der Waals surface area (Å²) in [6.07, 6.45) is 5.79. The van der Waals surface area contributed by atoms with Gasteiger partial charge in [-0.2, -0.15) is 5.10 Å². The van der Waals surface area contributed by atoms with E-state index < -0.39 is 0 Å². The van der Waals surface area contributed by atoms with E-state index in [1.807, 2.05) is 42.9 Å². The zero-order valence-electron chi connectivity index (χ0n) is 17.2. The maximum absolute atomic E-state index is 13.0. The van der Waals surface area contributed by atoms with Gasteiger partial charge in [0.1, 0.15) is 6.26 Å². The first kappa shape index (κ1) is 19.4. The second-order valence-corrected chi connectivity index (χ2v) is 7.85. The molecule has 1 fully saturated rings. The number of amides is 1. The largest absolute Gasteiger partial charge is 0.444 e. The van der Waals surface area contributed by atoms with Gasteiger partial charge in [0.15, 0.2) is 0 Å². The van der Waals surface area contributed by atoms with Gasteiger partial charge in [0.05, 0.1) is 23.9 Å². The lowest BCUT2D eigenvalue weighted by Crippen LogP contribution is -2.25. The highest BCUT2D eigenvalue weighted by molar-refractivity contribution is 5.93. The van der Waals surface area contributed by atoms with Crippen LogP contribution in [0, 0.1) is 19.8 Å². The van der Waals surface area contributed by atoms with Gasteiger partial charge in [0.25, 0.3) is 0 Å². The fourth-order valence-corrected chi connectivity index (χ4v) is 3.61. The minimum atomic E-state index is -0.276. The number of benzene rings is 1. The molecule has 1 aromatic carbocycles. The first-order chi connectivity index (χ1) is 13.9. The quantitative estimate of drug-likeness (QED) is 0.691. The summed E-state index contributed by atoms with van der Waals surface area (Å²) in [5.41, 5.74) is 4.38. The average Bonchev–Trinajstić information content (AvgIpc) is 3.42. The standard InChI is InChI=1S/C22H26N4O3/c1-13(2)26-11-16(10-23-26)20-18(7-8-28-20)21(27)25-17-6-5-14(3)19(9-17)22-24-15(4)12-29-22/h5-6,9-13,18,20H,7-8H2,1-4H3,(H,25,27)/t18-,20+/m0/s1. The van der Waals surface area contributed by atoms with E-state index in [-0.39, 0.29) is 24.0 Å². The van der Waals surface area contributed by atoms with Gasteiger partial charge in [-0.05, 0) is 51.8 Å². The third kappa shape index (κ3) is 3.96. The minimum Gasteiger partial charge on any atom is -0.444 e. The summed E-state index contributed by atoms with van der Waals surface area (Å²) in [4.78, 5) is 17.4. The Kier molecular flexibility index (Phi) is 5.24. The molecule has 7 heteroatoms. The molecule has 1 saturated heterocycles. The molecule has 0 aliphatic carbocycles.